The topological polar surface area (TPSA) is 32.3 Å². The number of fused-ring (bicyclic) bond motifs is 1. The second kappa shape index (κ2) is 6.60. The highest BCUT2D eigenvalue weighted by atomic mass is 15.3. The van der Waals surface area contributed by atoms with Gasteiger partial charge >= 0.3 is 0 Å². The molecule has 0 saturated carbocycles. The Balaban J connectivity index is 1.74. The van der Waals surface area contributed by atoms with Gasteiger partial charge in [0, 0.05) is 38.0 Å². The molecule has 2 unspecified atom stereocenters. The van der Waals surface area contributed by atoms with Crippen molar-refractivity contribution in [2.45, 2.75) is 32.2 Å². The molecule has 4 heteroatoms. The minimum atomic E-state index is 0.453. The Morgan fingerprint density at radius 1 is 1.00 bits per heavy atom. The van der Waals surface area contributed by atoms with Crippen LogP contribution < -0.4 is 9.80 Å². The van der Waals surface area contributed by atoms with E-state index < -0.39 is 0 Å². The summed E-state index contributed by atoms with van der Waals surface area (Å²) in [6, 6.07) is 17.8. The molecule has 2 aromatic carbocycles. The Hall–Kier alpha value is -2.62. The molecule has 0 N–H and O–H groups in total. The molecular formula is C22H26N4. The Kier molecular flexibility index (Phi) is 4.27. The normalized spacial score (nSPS) is 19.9. The second-order valence-corrected chi connectivity index (χ2v) is 7.60. The lowest BCUT2D eigenvalue weighted by Gasteiger charge is -2.25. The molecular weight excluding hydrogens is 320 g/mol. The molecule has 3 aromatic rings. The molecule has 2 atom stereocenters. The summed E-state index contributed by atoms with van der Waals surface area (Å²) in [6.45, 7) is 5.45. The number of para-hydroxylation sites is 1. The summed E-state index contributed by atoms with van der Waals surface area (Å²) in [7, 11) is 3.99. The lowest BCUT2D eigenvalue weighted by Crippen LogP contribution is -2.28. The van der Waals surface area contributed by atoms with Gasteiger partial charge in [-0.05, 0) is 38.0 Å². The number of anilines is 2. The van der Waals surface area contributed by atoms with Gasteiger partial charge in [-0.3, -0.25) is 0 Å². The van der Waals surface area contributed by atoms with Crippen molar-refractivity contribution < 1.29 is 0 Å². The first-order chi connectivity index (χ1) is 12.5. The van der Waals surface area contributed by atoms with Crippen LogP contribution in [0, 0.1) is 6.92 Å². The van der Waals surface area contributed by atoms with Gasteiger partial charge in [-0.2, -0.15) is 4.98 Å². The van der Waals surface area contributed by atoms with Crippen molar-refractivity contribution in [3.8, 4) is 0 Å². The number of aromatic nitrogens is 2. The standard InChI is InChI=1S/C22H26N4/c1-15-9-11-17(12-10-15)18-13-16(2)26(14-18)21-19-7-5-6-8-20(19)23-22(24-21)25(3)4/h5-12,16,18H,13-14H2,1-4H3. The highest BCUT2D eigenvalue weighted by molar-refractivity contribution is 5.90. The van der Waals surface area contributed by atoms with Crippen LogP contribution >= 0.6 is 0 Å². The fourth-order valence-electron chi connectivity index (χ4n) is 3.87. The van der Waals surface area contributed by atoms with Crippen LogP contribution in [-0.2, 0) is 0 Å². The molecule has 1 aliphatic heterocycles. The highest BCUT2D eigenvalue weighted by Gasteiger charge is 2.32. The minimum absolute atomic E-state index is 0.453. The number of hydrogen-bond acceptors (Lipinski definition) is 4. The molecule has 2 heterocycles. The average molecular weight is 346 g/mol. The fraction of sp³-hybridized carbons (Fsp3) is 0.364. The molecule has 0 spiro atoms. The van der Waals surface area contributed by atoms with E-state index in [-0.39, 0.29) is 0 Å². The molecule has 0 aliphatic carbocycles. The van der Waals surface area contributed by atoms with E-state index in [4.69, 9.17) is 9.97 Å². The lowest BCUT2D eigenvalue weighted by molar-refractivity contribution is 0.697. The maximum absolute atomic E-state index is 4.92. The summed E-state index contributed by atoms with van der Waals surface area (Å²) in [4.78, 5) is 14.1. The molecule has 1 aliphatic rings. The molecule has 0 bridgehead atoms. The van der Waals surface area contributed by atoms with E-state index in [1.807, 2.05) is 25.1 Å². The van der Waals surface area contributed by atoms with E-state index in [0.717, 1.165) is 35.6 Å². The smallest absolute Gasteiger partial charge is 0.227 e. The van der Waals surface area contributed by atoms with Gasteiger partial charge in [-0.1, -0.05) is 42.0 Å². The van der Waals surface area contributed by atoms with Crippen LogP contribution in [0.2, 0.25) is 0 Å². The third kappa shape index (κ3) is 3.00. The first kappa shape index (κ1) is 16.8. The molecule has 26 heavy (non-hydrogen) atoms. The van der Waals surface area contributed by atoms with Crippen LogP contribution in [0.25, 0.3) is 10.9 Å². The Labute approximate surface area is 155 Å². The second-order valence-electron chi connectivity index (χ2n) is 7.60. The third-order valence-corrected chi connectivity index (χ3v) is 5.37. The van der Waals surface area contributed by atoms with Crippen molar-refractivity contribution in [3.63, 3.8) is 0 Å². The Bertz CT molecular complexity index is 917. The lowest BCUT2D eigenvalue weighted by atomic mass is 9.96. The minimum Gasteiger partial charge on any atom is -0.353 e. The van der Waals surface area contributed by atoms with Crippen molar-refractivity contribution in [2.24, 2.45) is 0 Å². The van der Waals surface area contributed by atoms with Gasteiger partial charge in [-0.25, -0.2) is 4.98 Å². The van der Waals surface area contributed by atoms with Crippen molar-refractivity contribution >= 4 is 22.7 Å². The number of aryl methyl sites for hydroxylation is 1. The largest absolute Gasteiger partial charge is 0.353 e. The van der Waals surface area contributed by atoms with E-state index in [1.165, 1.54) is 11.1 Å². The van der Waals surface area contributed by atoms with Crippen LogP contribution in [0.4, 0.5) is 11.8 Å². The van der Waals surface area contributed by atoms with Crippen molar-refractivity contribution in [1.82, 2.24) is 9.97 Å². The number of rotatable bonds is 3. The van der Waals surface area contributed by atoms with Crippen molar-refractivity contribution in [1.29, 1.82) is 0 Å². The van der Waals surface area contributed by atoms with Gasteiger partial charge in [-0.15, -0.1) is 0 Å². The number of hydrogen-bond donors (Lipinski definition) is 0. The summed E-state index contributed by atoms with van der Waals surface area (Å²) in [5.41, 5.74) is 3.75. The maximum Gasteiger partial charge on any atom is 0.227 e. The van der Waals surface area contributed by atoms with Gasteiger partial charge in [0.15, 0.2) is 0 Å². The predicted molar refractivity (Wildman–Crippen MR) is 109 cm³/mol. The summed E-state index contributed by atoms with van der Waals surface area (Å²) < 4.78 is 0. The first-order valence-corrected chi connectivity index (χ1v) is 9.30. The van der Waals surface area contributed by atoms with Crippen LogP contribution in [0.3, 0.4) is 0 Å². The zero-order valence-electron chi connectivity index (χ0n) is 16.0. The van der Waals surface area contributed by atoms with Crippen LogP contribution in [-0.4, -0.2) is 36.6 Å². The summed E-state index contributed by atoms with van der Waals surface area (Å²) >= 11 is 0. The van der Waals surface area contributed by atoms with E-state index in [1.54, 1.807) is 0 Å². The monoisotopic (exact) mass is 346 g/mol. The van der Waals surface area contributed by atoms with Gasteiger partial charge < -0.3 is 9.80 Å². The fourth-order valence-corrected chi connectivity index (χ4v) is 3.87. The number of nitrogens with zero attached hydrogens (tertiary/aromatic N) is 4. The maximum atomic E-state index is 4.92. The molecule has 1 saturated heterocycles. The Morgan fingerprint density at radius 2 is 1.73 bits per heavy atom. The molecule has 0 amide bonds. The number of benzene rings is 2. The average Bonchev–Trinajstić information content (AvgIpc) is 3.03. The van der Waals surface area contributed by atoms with Crippen LogP contribution in [0.5, 0.6) is 0 Å². The summed E-state index contributed by atoms with van der Waals surface area (Å²) in [5.74, 6) is 2.37. The highest BCUT2D eigenvalue weighted by Crippen LogP contribution is 2.37. The molecule has 134 valence electrons. The molecule has 0 radical (unpaired) electrons. The van der Waals surface area contributed by atoms with Gasteiger partial charge in [0.25, 0.3) is 0 Å². The molecule has 1 fully saturated rings. The SMILES string of the molecule is Cc1ccc(C2CC(C)N(c3nc(N(C)C)nc4ccccc34)C2)cc1. The molecule has 4 rings (SSSR count). The van der Waals surface area contributed by atoms with Gasteiger partial charge in [0.05, 0.1) is 5.52 Å². The zero-order valence-corrected chi connectivity index (χ0v) is 16.0. The molecule has 4 nitrogen and oxygen atoms in total. The van der Waals surface area contributed by atoms with Crippen LogP contribution in [0.15, 0.2) is 48.5 Å². The van der Waals surface area contributed by atoms with E-state index in [9.17, 15) is 0 Å². The van der Waals surface area contributed by atoms with Crippen LogP contribution in [0.1, 0.15) is 30.4 Å². The Morgan fingerprint density at radius 3 is 2.46 bits per heavy atom. The summed E-state index contributed by atoms with van der Waals surface area (Å²) in [6.07, 6.45) is 1.15. The van der Waals surface area contributed by atoms with Gasteiger partial charge in [0.2, 0.25) is 5.95 Å². The quantitative estimate of drug-likeness (QED) is 0.704. The van der Waals surface area contributed by atoms with E-state index in [0.29, 0.717) is 12.0 Å². The third-order valence-electron chi connectivity index (χ3n) is 5.37. The van der Waals surface area contributed by atoms with E-state index >= 15 is 0 Å². The molecule has 1 aromatic heterocycles. The first-order valence-electron chi connectivity index (χ1n) is 9.30. The predicted octanol–water partition coefficient (Wildman–Crippen LogP) is 4.39. The summed E-state index contributed by atoms with van der Waals surface area (Å²) in [5, 5.41) is 1.13. The van der Waals surface area contributed by atoms with Gasteiger partial charge in [0.1, 0.15) is 5.82 Å². The zero-order chi connectivity index (χ0) is 18.3. The van der Waals surface area contributed by atoms with E-state index in [2.05, 4.69) is 61.2 Å². The van der Waals surface area contributed by atoms with Crippen molar-refractivity contribution in [3.05, 3.63) is 59.7 Å². The van der Waals surface area contributed by atoms with Crippen molar-refractivity contribution in [2.75, 3.05) is 30.4 Å².